The molecule has 1 fully saturated rings. The van der Waals surface area contributed by atoms with Crippen molar-refractivity contribution in [1.29, 1.82) is 0 Å². The van der Waals surface area contributed by atoms with Gasteiger partial charge in [-0.05, 0) is 18.2 Å². The van der Waals surface area contributed by atoms with E-state index < -0.39 is 18.2 Å². The number of carbonyl (C=O) groups excluding carboxylic acids is 2. The first-order valence-electron chi connectivity index (χ1n) is 6.60. The number of hydrogen-bond donors (Lipinski definition) is 0. The van der Waals surface area contributed by atoms with E-state index in [9.17, 15) is 9.59 Å². The molecule has 116 valence electrons. The lowest BCUT2D eigenvalue weighted by molar-refractivity contribution is -0.148. The molecule has 22 heavy (non-hydrogen) atoms. The molecule has 0 saturated carbocycles. The van der Waals surface area contributed by atoms with Gasteiger partial charge in [0.25, 0.3) is 0 Å². The molecule has 0 aliphatic carbocycles. The lowest BCUT2D eigenvalue weighted by atomic mass is 10.2. The maximum absolute atomic E-state index is 11.9. The summed E-state index contributed by atoms with van der Waals surface area (Å²) in [6.45, 7) is 0.156. The van der Waals surface area contributed by atoms with E-state index in [1.54, 1.807) is 11.8 Å². The van der Waals surface area contributed by atoms with Gasteiger partial charge in [0.2, 0.25) is 6.10 Å². The molecule has 1 aromatic carbocycles. The first kappa shape index (κ1) is 15.1. The van der Waals surface area contributed by atoms with E-state index in [-0.39, 0.29) is 6.54 Å². The summed E-state index contributed by atoms with van der Waals surface area (Å²) in [5, 5.41) is 0. The SMILES string of the molecule is COC(=O)C1CN(c2ccc3c(c2)SCC(=S)N3C)C(=O)O1. The number of hydrogen-bond acceptors (Lipinski definition) is 6. The van der Waals surface area contributed by atoms with Crippen molar-refractivity contribution in [2.45, 2.75) is 11.0 Å². The van der Waals surface area contributed by atoms with Crippen LogP contribution in [0.25, 0.3) is 0 Å². The molecule has 2 heterocycles. The first-order chi connectivity index (χ1) is 10.5. The van der Waals surface area contributed by atoms with Gasteiger partial charge in [0, 0.05) is 23.4 Å². The van der Waals surface area contributed by atoms with Crippen molar-refractivity contribution in [3.05, 3.63) is 18.2 Å². The molecule has 8 heteroatoms. The van der Waals surface area contributed by atoms with Crippen LogP contribution in [0.1, 0.15) is 0 Å². The maximum Gasteiger partial charge on any atom is 0.415 e. The summed E-state index contributed by atoms with van der Waals surface area (Å²) in [5.41, 5.74) is 1.71. The minimum atomic E-state index is -0.878. The van der Waals surface area contributed by atoms with Crippen LogP contribution in [0.15, 0.2) is 23.1 Å². The second-order valence-corrected chi connectivity index (χ2v) is 6.39. The van der Waals surface area contributed by atoms with Crippen LogP contribution < -0.4 is 9.80 Å². The van der Waals surface area contributed by atoms with Crippen molar-refractivity contribution in [3.8, 4) is 0 Å². The van der Waals surface area contributed by atoms with Gasteiger partial charge in [0.05, 0.1) is 24.3 Å². The molecule has 0 bridgehead atoms. The molecule has 6 nitrogen and oxygen atoms in total. The zero-order chi connectivity index (χ0) is 15.9. The number of carbonyl (C=O) groups is 2. The number of cyclic esters (lactones) is 1. The largest absolute Gasteiger partial charge is 0.466 e. The number of methoxy groups -OCH3 is 1. The van der Waals surface area contributed by atoms with Crippen LogP contribution in [0, 0.1) is 0 Å². The van der Waals surface area contributed by atoms with Crippen LogP contribution in [-0.2, 0) is 14.3 Å². The zero-order valence-electron chi connectivity index (χ0n) is 12.1. The van der Waals surface area contributed by atoms with Crippen LogP contribution in [-0.4, -0.2) is 49.6 Å². The number of rotatable bonds is 2. The van der Waals surface area contributed by atoms with Crippen LogP contribution in [0.4, 0.5) is 16.2 Å². The highest BCUT2D eigenvalue weighted by atomic mass is 32.2. The van der Waals surface area contributed by atoms with E-state index >= 15 is 0 Å². The summed E-state index contributed by atoms with van der Waals surface area (Å²) in [7, 11) is 3.20. The predicted octanol–water partition coefficient (Wildman–Crippen LogP) is 2.05. The second-order valence-electron chi connectivity index (χ2n) is 4.90. The van der Waals surface area contributed by atoms with Crippen molar-refractivity contribution < 1.29 is 19.1 Å². The summed E-state index contributed by atoms with van der Waals surface area (Å²) in [6, 6.07) is 5.66. The van der Waals surface area contributed by atoms with Crippen molar-refractivity contribution in [2.75, 3.05) is 36.3 Å². The van der Waals surface area contributed by atoms with E-state index in [1.807, 2.05) is 30.1 Å². The summed E-state index contributed by atoms with van der Waals surface area (Å²) < 4.78 is 9.65. The Labute approximate surface area is 137 Å². The van der Waals surface area contributed by atoms with E-state index in [1.165, 1.54) is 12.0 Å². The Balaban J connectivity index is 1.86. The molecule has 0 spiro atoms. The molecule has 2 aliphatic rings. The van der Waals surface area contributed by atoms with Crippen LogP contribution >= 0.6 is 24.0 Å². The predicted molar refractivity (Wildman–Crippen MR) is 87.8 cm³/mol. The van der Waals surface area contributed by atoms with Crippen LogP contribution in [0.2, 0.25) is 0 Å². The Hall–Kier alpha value is -1.80. The maximum atomic E-state index is 11.9. The summed E-state index contributed by atoms with van der Waals surface area (Å²) >= 11 is 6.92. The molecule has 1 atom stereocenters. The Morgan fingerprint density at radius 2 is 2.27 bits per heavy atom. The molecular weight excluding hydrogens is 324 g/mol. The van der Waals surface area contributed by atoms with Gasteiger partial charge in [-0.2, -0.15) is 0 Å². The van der Waals surface area contributed by atoms with E-state index in [0.717, 1.165) is 21.3 Å². The van der Waals surface area contributed by atoms with Gasteiger partial charge >= 0.3 is 12.1 Å². The average molecular weight is 338 g/mol. The molecule has 2 aliphatic heterocycles. The number of nitrogens with zero attached hydrogens (tertiary/aromatic N) is 2. The zero-order valence-corrected chi connectivity index (χ0v) is 13.7. The average Bonchev–Trinajstić information content (AvgIpc) is 2.92. The number of benzene rings is 1. The number of anilines is 2. The third-order valence-corrected chi connectivity index (χ3v) is 5.27. The molecule has 3 rings (SSSR count). The summed E-state index contributed by atoms with van der Waals surface area (Å²) in [6.07, 6.45) is -1.42. The molecule has 1 amide bonds. The monoisotopic (exact) mass is 338 g/mol. The van der Waals surface area contributed by atoms with Gasteiger partial charge in [0.1, 0.15) is 0 Å². The highest BCUT2D eigenvalue weighted by molar-refractivity contribution is 8.01. The molecule has 0 radical (unpaired) electrons. The van der Waals surface area contributed by atoms with Gasteiger partial charge in [-0.15, -0.1) is 11.8 Å². The fourth-order valence-electron chi connectivity index (χ4n) is 2.36. The third kappa shape index (κ3) is 2.52. The Kier molecular flexibility index (Phi) is 3.96. The normalized spacial score (nSPS) is 20.7. The second kappa shape index (κ2) is 5.77. The molecule has 0 aromatic heterocycles. The fraction of sp³-hybridized carbons (Fsp3) is 0.357. The number of esters is 1. The van der Waals surface area contributed by atoms with E-state index in [2.05, 4.69) is 4.74 Å². The van der Waals surface area contributed by atoms with Gasteiger partial charge in [-0.25, -0.2) is 9.59 Å². The Bertz CT molecular complexity index is 664. The number of thiocarbonyl (C=S) groups is 1. The molecule has 1 saturated heterocycles. The van der Waals surface area contributed by atoms with E-state index in [0.29, 0.717) is 5.69 Å². The lowest BCUT2D eigenvalue weighted by Gasteiger charge is -2.28. The van der Waals surface area contributed by atoms with Gasteiger partial charge in [-0.1, -0.05) is 12.2 Å². The molecule has 1 unspecified atom stereocenters. The Morgan fingerprint density at radius 1 is 1.50 bits per heavy atom. The molecule has 0 N–H and O–H groups in total. The van der Waals surface area contributed by atoms with Gasteiger partial charge < -0.3 is 14.4 Å². The van der Waals surface area contributed by atoms with Crippen LogP contribution in [0.3, 0.4) is 0 Å². The minimum absolute atomic E-state index is 0.156. The summed E-state index contributed by atoms with van der Waals surface area (Å²) in [4.78, 5) is 28.8. The smallest absolute Gasteiger partial charge is 0.415 e. The third-order valence-electron chi connectivity index (χ3n) is 3.62. The topological polar surface area (TPSA) is 59.1 Å². The fourth-order valence-corrected chi connectivity index (χ4v) is 3.67. The van der Waals surface area contributed by atoms with Crippen molar-refractivity contribution in [2.24, 2.45) is 0 Å². The highest BCUT2D eigenvalue weighted by Gasteiger charge is 2.38. The van der Waals surface area contributed by atoms with Crippen LogP contribution in [0.5, 0.6) is 0 Å². The van der Waals surface area contributed by atoms with Crippen molar-refractivity contribution in [3.63, 3.8) is 0 Å². The number of amides is 1. The Morgan fingerprint density at radius 3 is 3.00 bits per heavy atom. The number of fused-ring (bicyclic) bond motifs is 1. The minimum Gasteiger partial charge on any atom is -0.466 e. The quantitative estimate of drug-likeness (QED) is 0.604. The first-order valence-corrected chi connectivity index (χ1v) is 8.00. The molecule has 1 aromatic rings. The van der Waals surface area contributed by atoms with Gasteiger partial charge in [0.15, 0.2) is 0 Å². The lowest BCUT2D eigenvalue weighted by Crippen LogP contribution is -2.31. The standard InChI is InChI=1S/C14H14N2O4S2/c1-15-9-4-3-8(5-11(9)22-7-12(15)21)16-6-10(13(17)19-2)20-14(16)18/h3-5,10H,6-7H2,1-2H3. The highest BCUT2D eigenvalue weighted by Crippen LogP contribution is 2.38. The van der Waals surface area contributed by atoms with Crippen molar-refractivity contribution in [1.82, 2.24) is 0 Å². The van der Waals surface area contributed by atoms with Crippen molar-refractivity contribution >= 4 is 52.4 Å². The number of thioether (sulfide) groups is 1. The van der Waals surface area contributed by atoms with Gasteiger partial charge in [-0.3, -0.25) is 4.90 Å². The number of ether oxygens (including phenoxy) is 2. The molecular formula is C14H14N2O4S2. The summed E-state index contributed by atoms with van der Waals surface area (Å²) in [5.74, 6) is 0.186. The van der Waals surface area contributed by atoms with E-state index in [4.69, 9.17) is 17.0 Å².